The van der Waals surface area contributed by atoms with Gasteiger partial charge in [0.05, 0.1) is 33.5 Å². The number of aromatic nitrogens is 2. The van der Waals surface area contributed by atoms with E-state index in [1.165, 1.54) is 14.2 Å². The number of hydrogen-bond donors (Lipinski definition) is 1. The Hall–Kier alpha value is -4.21. The second-order valence-electron chi connectivity index (χ2n) is 11.2. The minimum atomic E-state index is -0.596. The molecule has 0 bridgehead atoms. The molecule has 1 saturated heterocycles. The van der Waals surface area contributed by atoms with Gasteiger partial charge < -0.3 is 34.1 Å². The summed E-state index contributed by atoms with van der Waals surface area (Å²) in [7, 11) is 4.49. The Balaban J connectivity index is 1.72. The molecule has 1 fully saturated rings. The van der Waals surface area contributed by atoms with E-state index in [-0.39, 0.29) is 22.9 Å². The highest BCUT2D eigenvalue weighted by Gasteiger charge is 2.36. The fourth-order valence-corrected chi connectivity index (χ4v) is 5.35. The third-order valence-corrected chi connectivity index (χ3v) is 7.54. The summed E-state index contributed by atoms with van der Waals surface area (Å²) in [6.45, 7) is 15.2. The maximum atomic E-state index is 12.9. The fraction of sp³-hybridized carbons (Fsp3) is 0.469. The normalized spacial score (nSPS) is 14.5. The van der Waals surface area contributed by atoms with Crippen LogP contribution in [0.5, 0.6) is 17.2 Å². The fourth-order valence-electron chi connectivity index (χ4n) is 5.35. The quantitative estimate of drug-likeness (QED) is 0.291. The van der Waals surface area contributed by atoms with Crippen molar-refractivity contribution in [1.29, 1.82) is 0 Å². The molecule has 0 atom stereocenters. The second-order valence-corrected chi connectivity index (χ2v) is 11.2. The highest BCUT2D eigenvalue weighted by atomic mass is 16.5. The van der Waals surface area contributed by atoms with E-state index in [1.54, 1.807) is 7.11 Å². The molecular weight excluding hydrogens is 534 g/mol. The van der Waals surface area contributed by atoms with Crippen LogP contribution in [0, 0.1) is 6.92 Å². The van der Waals surface area contributed by atoms with Crippen molar-refractivity contribution in [3.63, 3.8) is 0 Å². The molecule has 10 heteroatoms. The van der Waals surface area contributed by atoms with E-state index in [1.807, 2.05) is 32.0 Å². The summed E-state index contributed by atoms with van der Waals surface area (Å²) in [4.78, 5) is 26.9. The van der Waals surface area contributed by atoms with Crippen molar-refractivity contribution in [2.75, 3.05) is 62.7 Å². The number of aryl methyl sites for hydroxylation is 1. The van der Waals surface area contributed by atoms with Gasteiger partial charge in [-0.05, 0) is 81.1 Å². The molecule has 3 aromatic rings. The van der Waals surface area contributed by atoms with Gasteiger partial charge in [-0.15, -0.1) is 0 Å². The lowest BCUT2D eigenvalue weighted by molar-refractivity contribution is 0.0590. The van der Waals surface area contributed by atoms with E-state index in [0.29, 0.717) is 31.5 Å². The molecule has 0 unspecified atom stereocenters. The van der Waals surface area contributed by atoms with Crippen LogP contribution in [0.1, 0.15) is 62.2 Å². The SMILES string of the molecule is CCOc1cc(C)c(Nc2nc(N3CCN(c4ccc(OC)cc4)C(C)(C)C3)nc(C(=O)OC)c2OC)cc1C(C)C. The summed E-state index contributed by atoms with van der Waals surface area (Å²) < 4.78 is 22.0. The standard InChI is InChI=1S/C32H43N5O5/c1-10-42-26-17-21(4)25(18-24(26)20(2)3)33-29-28(40-8)27(30(38)41-9)34-31(35-29)36-15-16-37(32(5,6)19-36)22-11-13-23(39-7)14-12-22/h11-14,17-18,20H,10,15-16,19H2,1-9H3,(H,33,34,35). The smallest absolute Gasteiger partial charge is 0.360 e. The van der Waals surface area contributed by atoms with Gasteiger partial charge >= 0.3 is 5.97 Å². The van der Waals surface area contributed by atoms with Crippen LogP contribution in [0.3, 0.4) is 0 Å². The predicted octanol–water partition coefficient (Wildman–Crippen LogP) is 5.96. The molecule has 0 spiro atoms. The Morgan fingerprint density at radius 1 is 1.05 bits per heavy atom. The van der Waals surface area contributed by atoms with Gasteiger partial charge in [-0.3, -0.25) is 0 Å². The molecule has 0 aliphatic carbocycles. The Morgan fingerprint density at radius 2 is 1.76 bits per heavy atom. The molecular formula is C32H43N5O5. The third kappa shape index (κ3) is 6.32. The predicted molar refractivity (Wildman–Crippen MR) is 166 cm³/mol. The molecule has 1 aliphatic rings. The van der Waals surface area contributed by atoms with Crippen LogP contribution in [0.25, 0.3) is 0 Å². The van der Waals surface area contributed by atoms with Gasteiger partial charge in [-0.1, -0.05) is 13.8 Å². The summed E-state index contributed by atoms with van der Waals surface area (Å²) in [6, 6.07) is 12.2. The summed E-state index contributed by atoms with van der Waals surface area (Å²) in [5.41, 5.74) is 3.80. The minimum absolute atomic E-state index is 0.0653. The molecule has 42 heavy (non-hydrogen) atoms. The molecule has 2 heterocycles. The Morgan fingerprint density at radius 3 is 2.33 bits per heavy atom. The summed E-state index contributed by atoms with van der Waals surface area (Å²) in [5.74, 6) is 2.36. The van der Waals surface area contributed by atoms with Crippen LogP contribution in [0.4, 0.5) is 23.1 Å². The number of piperazine rings is 1. The van der Waals surface area contributed by atoms with E-state index in [4.69, 9.17) is 23.9 Å². The minimum Gasteiger partial charge on any atom is -0.497 e. The van der Waals surface area contributed by atoms with Gasteiger partial charge in [0.1, 0.15) is 11.5 Å². The lowest BCUT2D eigenvalue weighted by atomic mass is 9.98. The van der Waals surface area contributed by atoms with Gasteiger partial charge in [-0.2, -0.15) is 4.98 Å². The maximum absolute atomic E-state index is 12.9. The van der Waals surface area contributed by atoms with Gasteiger partial charge in [0.25, 0.3) is 0 Å². The second kappa shape index (κ2) is 12.8. The highest BCUT2D eigenvalue weighted by molar-refractivity contribution is 5.93. The van der Waals surface area contributed by atoms with Crippen molar-refractivity contribution in [3.05, 3.63) is 53.2 Å². The number of esters is 1. The number of methoxy groups -OCH3 is 3. The summed E-state index contributed by atoms with van der Waals surface area (Å²) in [6.07, 6.45) is 0. The molecule has 0 amide bonds. The first kappa shape index (κ1) is 30.7. The number of carbonyl (C=O) groups excluding carboxylic acids is 1. The number of benzene rings is 2. The molecule has 226 valence electrons. The van der Waals surface area contributed by atoms with Crippen LogP contribution in [-0.4, -0.2) is 69.0 Å². The van der Waals surface area contributed by atoms with Crippen molar-refractivity contribution in [3.8, 4) is 17.2 Å². The van der Waals surface area contributed by atoms with E-state index in [9.17, 15) is 4.79 Å². The molecule has 1 N–H and O–H groups in total. The molecule has 0 radical (unpaired) electrons. The molecule has 4 rings (SSSR count). The Kier molecular flexibility index (Phi) is 9.33. The molecule has 0 saturated carbocycles. The van der Waals surface area contributed by atoms with Crippen molar-refractivity contribution in [2.24, 2.45) is 0 Å². The lowest BCUT2D eigenvalue weighted by Gasteiger charge is -2.48. The number of ether oxygens (including phenoxy) is 4. The van der Waals surface area contributed by atoms with E-state index < -0.39 is 5.97 Å². The number of nitrogens with zero attached hydrogens (tertiary/aromatic N) is 4. The van der Waals surface area contributed by atoms with Crippen LogP contribution in [-0.2, 0) is 4.74 Å². The first-order valence-corrected chi connectivity index (χ1v) is 14.3. The van der Waals surface area contributed by atoms with E-state index >= 15 is 0 Å². The first-order valence-electron chi connectivity index (χ1n) is 14.3. The number of nitrogens with one attached hydrogen (secondary N) is 1. The maximum Gasteiger partial charge on any atom is 0.360 e. The average molecular weight is 578 g/mol. The largest absolute Gasteiger partial charge is 0.497 e. The molecule has 1 aromatic heterocycles. The third-order valence-electron chi connectivity index (χ3n) is 7.54. The zero-order valence-corrected chi connectivity index (χ0v) is 26.2. The summed E-state index contributed by atoms with van der Waals surface area (Å²) in [5, 5.41) is 3.43. The monoisotopic (exact) mass is 577 g/mol. The first-order chi connectivity index (χ1) is 20.0. The topological polar surface area (TPSA) is 98.3 Å². The van der Waals surface area contributed by atoms with Gasteiger partial charge in [0, 0.05) is 31.0 Å². The van der Waals surface area contributed by atoms with Crippen molar-refractivity contribution >= 4 is 29.1 Å². The Bertz CT molecular complexity index is 1410. The summed E-state index contributed by atoms with van der Waals surface area (Å²) >= 11 is 0. The molecule has 2 aromatic carbocycles. The Labute approximate surface area is 249 Å². The van der Waals surface area contributed by atoms with Crippen molar-refractivity contribution in [1.82, 2.24) is 9.97 Å². The zero-order chi connectivity index (χ0) is 30.6. The van der Waals surface area contributed by atoms with Crippen molar-refractivity contribution < 1.29 is 23.7 Å². The van der Waals surface area contributed by atoms with E-state index in [2.05, 4.69) is 66.0 Å². The highest BCUT2D eigenvalue weighted by Crippen LogP contribution is 2.38. The van der Waals surface area contributed by atoms with Gasteiger partial charge in [0.2, 0.25) is 5.95 Å². The van der Waals surface area contributed by atoms with Gasteiger partial charge in [-0.25, -0.2) is 9.78 Å². The zero-order valence-electron chi connectivity index (χ0n) is 26.2. The van der Waals surface area contributed by atoms with Crippen molar-refractivity contribution in [2.45, 2.75) is 53.0 Å². The number of hydrogen-bond acceptors (Lipinski definition) is 10. The van der Waals surface area contributed by atoms with Crippen LogP contribution in [0.2, 0.25) is 0 Å². The average Bonchev–Trinajstić information content (AvgIpc) is 2.97. The number of rotatable bonds is 10. The lowest BCUT2D eigenvalue weighted by Crippen LogP contribution is -2.60. The van der Waals surface area contributed by atoms with Crippen LogP contribution in [0.15, 0.2) is 36.4 Å². The molecule has 10 nitrogen and oxygen atoms in total. The number of carbonyl (C=O) groups is 1. The van der Waals surface area contributed by atoms with Crippen LogP contribution >= 0.6 is 0 Å². The molecule has 1 aliphatic heterocycles. The van der Waals surface area contributed by atoms with Crippen LogP contribution < -0.4 is 29.3 Å². The van der Waals surface area contributed by atoms with E-state index in [0.717, 1.165) is 40.5 Å². The van der Waals surface area contributed by atoms with Gasteiger partial charge in [0.15, 0.2) is 17.3 Å². The number of anilines is 4.